The number of aromatic nitrogens is 3. The molecule has 1 aliphatic rings. The van der Waals surface area contributed by atoms with Crippen LogP contribution in [0.25, 0.3) is 10.6 Å². The van der Waals surface area contributed by atoms with E-state index in [0.29, 0.717) is 12.0 Å². The van der Waals surface area contributed by atoms with Crippen LogP contribution in [-0.4, -0.2) is 52.1 Å². The van der Waals surface area contributed by atoms with Gasteiger partial charge < -0.3 is 14.8 Å². The lowest BCUT2D eigenvalue weighted by molar-refractivity contribution is 0.189. The molecule has 6 nitrogen and oxygen atoms in total. The average Bonchev–Trinajstić information content (AvgIpc) is 3.45. The molecule has 3 aromatic rings. The van der Waals surface area contributed by atoms with E-state index < -0.39 is 0 Å². The maximum atomic E-state index is 4.82. The minimum Gasteiger partial charge on any atom is -0.356 e. The number of likely N-dealkylation sites (tertiary alicyclic amines) is 1. The lowest BCUT2D eigenvalue weighted by Gasteiger charge is -2.39. The van der Waals surface area contributed by atoms with Crippen molar-refractivity contribution in [3.63, 3.8) is 0 Å². The van der Waals surface area contributed by atoms with Crippen LogP contribution in [0, 0.1) is 12.8 Å². The molecule has 1 aliphatic heterocycles. The molecular weight excluding hydrogens is 519 g/mol. The van der Waals surface area contributed by atoms with Crippen molar-refractivity contribution in [1.82, 2.24) is 24.8 Å². The van der Waals surface area contributed by atoms with Crippen LogP contribution in [-0.2, 0) is 6.42 Å². The summed E-state index contributed by atoms with van der Waals surface area (Å²) in [5.41, 5.74) is 3.59. The topological polar surface area (TPSA) is 58.3 Å². The number of hydrogen-bond acceptors (Lipinski definition) is 4. The molecule has 1 fully saturated rings. The Hall–Kier alpha value is -1.94. The first-order valence-electron chi connectivity index (χ1n) is 10.6. The molecule has 2 unspecified atom stereocenters. The number of imidazole rings is 1. The fraction of sp³-hybridized carbons (Fsp3) is 0.435. The van der Waals surface area contributed by atoms with Gasteiger partial charge in [0.25, 0.3) is 0 Å². The van der Waals surface area contributed by atoms with Gasteiger partial charge >= 0.3 is 0 Å². The van der Waals surface area contributed by atoms with Crippen molar-refractivity contribution in [2.45, 2.75) is 32.7 Å². The molecule has 0 saturated carbocycles. The molecule has 0 radical (unpaired) electrons. The average molecular weight is 551 g/mol. The molecule has 3 heterocycles. The van der Waals surface area contributed by atoms with Crippen LogP contribution in [0.3, 0.4) is 0 Å². The highest BCUT2D eigenvalue weighted by atomic mass is 127. The van der Waals surface area contributed by atoms with E-state index >= 15 is 0 Å². The number of aliphatic imine (C=N–C) groups is 1. The first-order chi connectivity index (χ1) is 14.6. The zero-order chi connectivity index (χ0) is 20.9. The van der Waals surface area contributed by atoms with E-state index in [2.05, 4.69) is 74.5 Å². The Morgan fingerprint density at radius 3 is 2.81 bits per heavy atom. The molecule has 1 saturated heterocycles. The van der Waals surface area contributed by atoms with E-state index in [9.17, 15) is 0 Å². The van der Waals surface area contributed by atoms with Gasteiger partial charge in [0.1, 0.15) is 5.01 Å². The van der Waals surface area contributed by atoms with Crippen LogP contribution in [0.1, 0.15) is 30.6 Å². The number of halogens is 1. The van der Waals surface area contributed by atoms with Crippen molar-refractivity contribution in [3.05, 3.63) is 59.6 Å². The Morgan fingerprint density at radius 1 is 1.29 bits per heavy atom. The molecule has 1 aromatic carbocycles. The second-order valence-corrected chi connectivity index (χ2v) is 8.88. The second-order valence-electron chi connectivity index (χ2n) is 8.02. The van der Waals surface area contributed by atoms with Crippen molar-refractivity contribution in [3.8, 4) is 10.6 Å². The third-order valence-electron chi connectivity index (χ3n) is 5.85. The van der Waals surface area contributed by atoms with Gasteiger partial charge in [-0.2, -0.15) is 0 Å². The summed E-state index contributed by atoms with van der Waals surface area (Å²) in [6.45, 7) is 7.24. The zero-order valence-corrected chi connectivity index (χ0v) is 21.5. The van der Waals surface area contributed by atoms with Crippen molar-refractivity contribution in [2.75, 3.05) is 26.7 Å². The lowest BCUT2D eigenvalue weighted by Crippen LogP contribution is -2.49. The summed E-state index contributed by atoms with van der Waals surface area (Å²) in [7, 11) is 1.87. The van der Waals surface area contributed by atoms with Crippen molar-refractivity contribution in [2.24, 2.45) is 10.9 Å². The maximum Gasteiger partial charge on any atom is 0.193 e. The quantitative estimate of drug-likeness (QED) is 0.286. The van der Waals surface area contributed by atoms with E-state index in [1.807, 2.05) is 19.6 Å². The van der Waals surface area contributed by atoms with Gasteiger partial charge in [0, 0.05) is 56.4 Å². The lowest BCUT2D eigenvalue weighted by atomic mass is 9.93. The summed E-state index contributed by atoms with van der Waals surface area (Å²) in [4.78, 5) is 15.9. The predicted octanol–water partition coefficient (Wildman–Crippen LogP) is 4.63. The highest BCUT2D eigenvalue weighted by Crippen LogP contribution is 2.27. The molecule has 2 aromatic heterocycles. The van der Waals surface area contributed by atoms with Gasteiger partial charge in [-0.25, -0.2) is 9.97 Å². The van der Waals surface area contributed by atoms with Crippen molar-refractivity contribution < 1.29 is 0 Å². The Balaban J connectivity index is 0.00000272. The number of guanidine groups is 1. The molecule has 1 N–H and O–H groups in total. The van der Waals surface area contributed by atoms with Gasteiger partial charge in [-0.1, -0.05) is 36.8 Å². The Kier molecular flexibility index (Phi) is 8.48. The van der Waals surface area contributed by atoms with E-state index in [4.69, 9.17) is 4.98 Å². The highest BCUT2D eigenvalue weighted by Gasteiger charge is 2.28. The largest absolute Gasteiger partial charge is 0.356 e. The predicted molar refractivity (Wildman–Crippen MR) is 139 cm³/mol. The summed E-state index contributed by atoms with van der Waals surface area (Å²) in [6.07, 6.45) is 7.88. The van der Waals surface area contributed by atoms with Crippen LogP contribution < -0.4 is 5.32 Å². The number of nitrogens with zero attached hydrogens (tertiary/aromatic N) is 5. The maximum absolute atomic E-state index is 4.82. The first kappa shape index (κ1) is 23.7. The van der Waals surface area contributed by atoms with Crippen LogP contribution in [0.5, 0.6) is 0 Å². The third kappa shape index (κ3) is 5.85. The van der Waals surface area contributed by atoms with Crippen molar-refractivity contribution in [1.29, 1.82) is 0 Å². The third-order valence-corrected chi connectivity index (χ3v) is 6.79. The number of piperidine rings is 1. The highest BCUT2D eigenvalue weighted by molar-refractivity contribution is 14.0. The van der Waals surface area contributed by atoms with Crippen LogP contribution >= 0.6 is 35.3 Å². The molecule has 166 valence electrons. The normalized spacial score (nSPS) is 19.2. The smallest absolute Gasteiger partial charge is 0.193 e. The molecular formula is C23H31IN6S. The van der Waals surface area contributed by atoms with E-state index in [0.717, 1.165) is 49.1 Å². The van der Waals surface area contributed by atoms with Gasteiger partial charge in [0.05, 0.1) is 18.1 Å². The molecule has 31 heavy (non-hydrogen) atoms. The number of aryl methyl sites for hydroxylation is 1. The number of benzene rings is 1. The minimum absolute atomic E-state index is 0. The molecule has 2 atom stereocenters. The standard InChI is InChI=1S/C23H30N6S.HI/c1-17-4-6-19(7-5-17)22-27-20(15-30-22)8-10-26-23(24-3)28-12-9-18(2)21(14-28)29-13-11-25-16-29;/h4-7,11,13,15-16,18,21H,8-10,12,14H2,1-3H3,(H,24,26);1H. The molecule has 8 heteroatoms. The summed E-state index contributed by atoms with van der Waals surface area (Å²) >= 11 is 1.71. The van der Waals surface area contributed by atoms with Crippen LogP contribution in [0.15, 0.2) is 53.4 Å². The summed E-state index contributed by atoms with van der Waals surface area (Å²) in [6, 6.07) is 8.99. The summed E-state index contributed by atoms with van der Waals surface area (Å²) in [5, 5.41) is 6.79. The SMILES string of the molecule is CN=C(NCCc1csc(-c2ccc(C)cc2)n1)N1CCC(C)C(n2ccnc2)C1.I. The number of rotatable bonds is 5. The molecule has 0 spiro atoms. The number of nitrogens with one attached hydrogen (secondary N) is 1. The fourth-order valence-corrected chi connectivity index (χ4v) is 4.84. The van der Waals surface area contributed by atoms with Gasteiger partial charge in [-0.3, -0.25) is 4.99 Å². The van der Waals surface area contributed by atoms with E-state index in [-0.39, 0.29) is 24.0 Å². The minimum atomic E-state index is 0. The first-order valence-corrected chi connectivity index (χ1v) is 11.5. The van der Waals surface area contributed by atoms with Gasteiger partial charge in [-0.05, 0) is 19.3 Å². The summed E-state index contributed by atoms with van der Waals surface area (Å²) < 4.78 is 2.23. The Morgan fingerprint density at radius 2 is 2.10 bits per heavy atom. The molecule has 0 amide bonds. The van der Waals surface area contributed by atoms with E-state index in [1.165, 1.54) is 11.1 Å². The monoisotopic (exact) mass is 550 g/mol. The molecule has 4 rings (SSSR count). The number of hydrogen-bond donors (Lipinski definition) is 1. The number of thiazole rings is 1. The summed E-state index contributed by atoms with van der Waals surface area (Å²) in [5.74, 6) is 1.60. The fourth-order valence-electron chi connectivity index (χ4n) is 3.98. The van der Waals surface area contributed by atoms with Gasteiger partial charge in [0.2, 0.25) is 0 Å². The second kappa shape index (κ2) is 11.1. The van der Waals surface area contributed by atoms with Crippen LogP contribution in [0.2, 0.25) is 0 Å². The zero-order valence-electron chi connectivity index (χ0n) is 18.4. The van der Waals surface area contributed by atoms with Gasteiger partial charge in [-0.15, -0.1) is 35.3 Å². The van der Waals surface area contributed by atoms with E-state index in [1.54, 1.807) is 11.3 Å². The van der Waals surface area contributed by atoms with Gasteiger partial charge in [0.15, 0.2) is 5.96 Å². The van der Waals surface area contributed by atoms with Crippen LogP contribution in [0.4, 0.5) is 0 Å². The Labute approximate surface area is 205 Å². The molecule has 0 bridgehead atoms. The Bertz CT molecular complexity index is 966. The van der Waals surface area contributed by atoms with Crippen molar-refractivity contribution >= 4 is 41.3 Å². The molecule has 0 aliphatic carbocycles.